The Hall–Kier alpha value is -1.02. The van der Waals surface area contributed by atoms with E-state index in [4.69, 9.17) is 16.7 Å². The molecule has 0 bridgehead atoms. The molecule has 0 heterocycles. The molecule has 0 saturated heterocycles. The average molecular weight is 255 g/mol. The molecule has 3 heteroatoms. The van der Waals surface area contributed by atoms with E-state index in [1.54, 1.807) is 0 Å². The Bertz CT molecular complexity index is 346. The van der Waals surface area contributed by atoms with Crippen LogP contribution in [0, 0.1) is 0 Å². The Morgan fingerprint density at radius 2 is 1.88 bits per heavy atom. The summed E-state index contributed by atoms with van der Waals surface area (Å²) >= 11 is 5.95. The smallest absolute Gasteiger partial charge is 0.304 e. The monoisotopic (exact) mass is 254 g/mol. The maximum Gasteiger partial charge on any atom is 0.304 e. The minimum absolute atomic E-state index is 0.0130. The van der Waals surface area contributed by atoms with Gasteiger partial charge in [0.2, 0.25) is 0 Å². The molecule has 0 spiro atoms. The number of rotatable bonds is 7. The maximum absolute atomic E-state index is 10.5. The number of aryl methyl sites for hydroxylation is 1. The minimum Gasteiger partial charge on any atom is -0.481 e. The molecule has 1 rings (SSSR count). The van der Waals surface area contributed by atoms with Crippen molar-refractivity contribution >= 4 is 17.6 Å². The SMILES string of the molecule is CCCCc1ccc(CC(Cl)CC(=O)O)cc1. The van der Waals surface area contributed by atoms with E-state index >= 15 is 0 Å². The van der Waals surface area contributed by atoms with Gasteiger partial charge in [-0.1, -0.05) is 37.6 Å². The molecule has 1 aromatic carbocycles. The molecular formula is C14H19ClO2. The van der Waals surface area contributed by atoms with E-state index in [1.165, 1.54) is 18.4 Å². The van der Waals surface area contributed by atoms with Crippen molar-refractivity contribution in [1.29, 1.82) is 0 Å². The van der Waals surface area contributed by atoms with Crippen molar-refractivity contribution in [2.45, 2.75) is 44.4 Å². The number of hydrogen-bond acceptors (Lipinski definition) is 1. The van der Waals surface area contributed by atoms with Crippen molar-refractivity contribution < 1.29 is 9.90 Å². The Kier molecular flexibility index (Phi) is 6.06. The third kappa shape index (κ3) is 5.73. The number of carboxylic acids is 1. The second-order valence-corrected chi connectivity index (χ2v) is 4.94. The van der Waals surface area contributed by atoms with Gasteiger partial charge in [0, 0.05) is 5.38 Å². The topological polar surface area (TPSA) is 37.3 Å². The van der Waals surface area contributed by atoms with Gasteiger partial charge >= 0.3 is 5.97 Å². The van der Waals surface area contributed by atoms with E-state index in [1.807, 2.05) is 12.1 Å². The average Bonchev–Trinajstić information content (AvgIpc) is 2.27. The van der Waals surface area contributed by atoms with E-state index in [0.29, 0.717) is 6.42 Å². The van der Waals surface area contributed by atoms with Gasteiger partial charge in [0.05, 0.1) is 6.42 Å². The fraction of sp³-hybridized carbons (Fsp3) is 0.500. The van der Waals surface area contributed by atoms with Crippen molar-refractivity contribution in [2.75, 3.05) is 0 Å². The number of carboxylic acid groups (broad SMARTS) is 1. The lowest BCUT2D eigenvalue weighted by molar-refractivity contribution is -0.137. The van der Waals surface area contributed by atoms with Gasteiger partial charge in [-0.15, -0.1) is 11.6 Å². The lowest BCUT2D eigenvalue weighted by Crippen LogP contribution is -2.09. The van der Waals surface area contributed by atoms with Crippen LogP contribution in [0.1, 0.15) is 37.3 Å². The van der Waals surface area contributed by atoms with Crippen LogP contribution in [0.25, 0.3) is 0 Å². The van der Waals surface area contributed by atoms with Crippen molar-refractivity contribution in [1.82, 2.24) is 0 Å². The number of carbonyl (C=O) groups is 1. The molecule has 0 aromatic heterocycles. The van der Waals surface area contributed by atoms with E-state index in [9.17, 15) is 4.79 Å². The zero-order valence-electron chi connectivity index (χ0n) is 10.2. The van der Waals surface area contributed by atoms with Crippen molar-refractivity contribution in [3.8, 4) is 0 Å². The highest BCUT2D eigenvalue weighted by atomic mass is 35.5. The van der Waals surface area contributed by atoms with Gasteiger partial charge in [-0.05, 0) is 30.4 Å². The quantitative estimate of drug-likeness (QED) is 0.754. The first-order valence-corrected chi connectivity index (χ1v) is 6.49. The normalized spacial score (nSPS) is 12.4. The minimum atomic E-state index is -0.843. The van der Waals surface area contributed by atoms with Crippen molar-refractivity contribution in [2.24, 2.45) is 0 Å². The molecule has 1 atom stereocenters. The molecule has 0 aliphatic rings. The Morgan fingerprint density at radius 1 is 1.29 bits per heavy atom. The predicted molar refractivity (Wildman–Crippen MR) is 70.7 cm³/mol. The molecule has 1 aromatic rings. The second kappa shape index (κ2) is 7.33. The molecule has 0 saturated carbocycles. The van der Waals surface area contributed by atoms with Gasteiger partial charge < -0.3 is 5.11 Å². The summed E-state index contributed by atoms with van der Waals surface area (Å²) in [4.78, 5) is 10.5. The number of unbranched alkanes of at least 4 members (excludes halogenated alkanes) is 1. The fourth-order valence-electron chi connectivity index (χ4n) is 1.74. The number of hydrogen-bond donors (Lipinski definition) is 1. The summed E-state index contributed by atoms with van der Waals surface area (Å²) in [5, 5.41) is 8.29. The Balaban J connectivity index is 2.47. The van der Waals surface area contributed by atoms with Gasteiger partial charge in [0.15, 0.2) is 0 Å². The first-order valence-electron chi connectivity index (χ1n) is 6.05. The summed E-state index contributed by atoms with van der Waals surface area (Å²) in [7, 11) is 0. The third-order valence-corrected chi connectivity index (χ3v) is 3.00. The number of aliphatic carboxylic acids is 1. The molecule has 1 N–H and O–H groups in total. The second-order valence-electron chi connectivity index (χ2n) is 4.32. The van der Waals surface area contributed by atoms with E-state index in [-0.39, 0.29) is 11.8 Å². The van der Waals surface area contributed by atoms with Crippen LogP contribution in [0.3, 0.4) is 0 Å². The molecule has 0 fully saturated rings. The molecule has 0 aliphatic heterocycles. The summed E-state index contributed by atoms with van der Waals surface area (Å²) in [6, 6.07) is 8.30. The molecule has 1 unspecified atom stereocenters. The first-order chi connectivity index (χ1) is 8.11. The van der Waals surface area contributed by atoms with Crippen LogP contribution in [0.15, 0.2) is 24.3 Å². The lowest BCUT2D eigenvalue weighted by Gasteiger charge is -2.07. The van der Waals surface area contributed by atoms with E-state index in [0.717, 1.165) is 12.0 Å². The molecular weight excluding hydrogens is 236 g/mol. The molecule has 0 aliphatic carbocycles. The summed E-state index contributed by atoms with van der Waals surface area (Å²) < 4.78 is 0. The van der Waals surface area contributed by atoms with Crippen LogP contribution < -0.4 is 0 Å². The van der Waals surface area contributed by atoms with Crippen LogP contribution in [-0.4, -0.2) is 16.5 Å². The van der Waals surface area contributed by atoms with Gasteiger partial charge in [-0.3, -0.25) is 4.79 Å². The predicted octanol–water partition coefficient (Wildman–Crippen LogP) is 3.65. The largest absolute Gasteiger partial charge is 0.481 e. The maximum atomic E-state index is 10.5. The summed E-state index contributed by atoms with van der Waals surface area (Å²) in [6.45, 7) is 2.18. The standard InChI is InChI=1S/C14H19ClO2/c1-2-3-4-11-5-7-12(8-6-11)9-13(15)10-14(16)17/h5-8,13H,2-4,9-10H2,1H3,(H,16,17). The van der Waals surface area contributed by atoms with E-state index in [2.05, 4.69) is 19.1 Å². The molecule has 0 radical (unpaired) electrons. The molecule has 0 amide bonds. The Morgan fingerprint density at radius 3 is 2.41 bits per heavy atom. The third-order valence-electron chi connectivity index (χ3n) is 2.70. The van der Waals surface area contributed by atoms with Crippen molar-refractivity contribution in [3.63, 3.8) is 0 Å². The Labute approximate surface area is 108 Å². The van der Waals surface area contributed by atoms with Gasteiger partial charge in [0.1, 0.15) is 0 Å². The van der Waals surface area contributed by atoms with Crippen LogP contribution >= 0.6 is 11.6 Å². The van der Waals surface area contributed by atoms with Crippen LogP contribution in [0.4, 0.5) is 0 Å². The number of benzene rings is 1. The van der Waals surface area contributed by atoms with Crippen LogP contribution in [-0.2, 0) is 17.6 Å². The van der Waals surface area contributed by atoms with Gasteiger partial charge in [0.25, 0.3) is 0 Å². The zero-order valence-corrected chi connectivity index (χ0v) is 10.9. The van der Waals surface area contributed by atoms with Gasteiger partial charge in [-0.25, -0.2) is 0 Å². The fourth-order valence-corrected chi connectivity index (χ4v) is 2.05. The summed E-state index contributed by atoms with van der Waals surface area (Å²) in [6.07, 6.45) is 4.14. The zero-order chi connectivity index (χ0) is 12.7. The highest BCUT2D eigenvalue weighted by molar-refractivity contribution is 6.21. The van der Waals surface area contributed by atoms with Crippen molar-refractivity contribution in [3.05, 3.63) is 35.4 Å². The highest BCUT2D eigenvalue weighted by Crippen LogP contribution is 2.13. The number of halogens is 1. The highest BCUT2D eigenvalue weighted by Gasteiger charge is 2.10. The van der Waals surface area contributed by atoms with E-state index < -0.39 is 5.97 Å². The number of alkyl halides is 1. The molecule has 17 heavy (non-hydrogen) atoms. The van der Waals surface area contributed by atoms with Gasteiger partial charge in [-0.2, -0.15) is 0 Å². The molecule has 94 valence electrons. The molecule has 2 nitrogen and oxygen atoms in total. The summed E-state index contributed by atoms with van der Waals surface area (Å²) in [5.41, 5.74) is 2.44. The van der Waals surface area contributed by atoms with Crippen LogP contribution in [0.2, 0.25) is 0 Å². The summed E-state index contributed by atoms with van der Waals surface area (Å²) in [5.74, 6) is -0.843. The lowest BCUT2D eigenvalue weighted by atomic mass is 10.0. The first kappa shape index (κ1) is 14.0. The van der Waals surface area contributed by atoms with Crippen LogP contribution in [0.5, 0.6) is 0 Å².